The SMILES string of the molecule is Cc1ccc(C(=O)OCCCc2ccncc2)s1. The van der Waals surface area contributed by atoms with Crippen molar-refractivity contribution in [3.8, 4) is 0 Å². The number of aromatic nitrogens is 1. The van der Waals surface area contributed by atoms with E-state index >= 15 is 0 Å². The minimum Gasteiger partial charge on any atom is -0.461 e. The Bertz CT molecular complexity index is 508. The Morgan fingerprint density at radius 1 is 1.28 bits per heavy atom. The number of hydrogen-bond acceptors (Lipinski definition) is 4. The van der Waals surface area contributed by atoms with Gasteiger partial charge in [-0.05, 0) is 49.6 Å². The molecular weight excluding hydrogens is 246 g/mol. The van der Waals surface area contributed by atoms with Crippen molar-refractivity contribution in [2.75, 3.05) is 6.61 Å². The third kappa shape index (κ3) is 3.67. The van der Waals surface area contributed by atoms with Crippen LogP contribution in [0.3, 0.4) is 0 Å². The summed E-state index contributed by atoms with van der Waals surface area (Å²) in [7, 11) is 0. The monoisotopic (exact) mass is 261 g/mol. The van der Waals surface area contributed by atoms with E-state index in [4.69, 9.17) is 4.74 Å². The van der Waals surface area contributed by atoms with E-state index in [2.05, 4.69) is 4.98 Å². The third-order valence-corrected chi connectivity index (χ3v) is 3.51. The molecule has 3 nitrogen and oxygen atoms in total. The second-order valence-corrected chi connectivity index (χ2v) is 5.29. The highest BCUT2D eigenvalue weighted by atomic mass is 32.1. The summed E-state index contributed by atoms with van der Waals surface area (Å²) in [5, 5.41) is 0. The van der Waals surface area contributed by atoms with Crippen molar-refractivity contribution in [2.24, 2.45) is 0 Å². The topological polar surface area (TPSA) is 39.2 Å². The molecule has 2 rings (SSSR count). The van der Waals surface area contributed by atoms with Crippen molar-refractivity contribution < 1.29 is 9.53 Å². The van der Waals surface area contributed by atoms with Crippen molar-refractivity contribution in [3.05, 3.63) is 52.0 Å². The fourth-order valence-electron chi connectivity index (χ4n) is 1.61. The Morgan fingerprint density at radius 2 is 2.06 bits per heavy atom. The summed E-state index contributed by atoms with van der Waals surface area (Å²) < 4.78 is 5.22. The highest BCUT2D eigenvalue weighted by Crippen LogP contribution is 2.16. The van der Waals surface area contributed by atoms with Crippen molar-refractivity contribution in [1.82, 2.24) is 4.98 Å². The van der Waals surface area contributed by atoms with Crippen LogP contribution in [0.4, 0.5) is 0 Å². The average Bonchev–Trinajstić information content (AvgIpc) is 2.82. The molecule has 0 fully saturated rings. The largest absolute Gasteiger partial charge is 0.461 e. The van der Waals surface area contributed by atoms with Gasteiger partial charge in [-0.1, -0.05) is 0 Å². The van der Waals surface area contributed by atoms with Gasteiger partial charge in [0.25, 0.3) is 0 Å². The molecule has 0 aliphatic heterocycles. The van der Waals surface area contributed by atoms with Crippen LogP contribution in [0.5, 0.6) is 0 Å². The molecule has 0 atom stereocenters. The molecule has 18 heavy (non-hydrogen) atoms. The number of esters is 1. The van der Waals surface area contributed by atoms with Crippen LogP contribution in [0, 0.1) is 6.92 Å². The smallest absolute Gasteiger partial charge is 0.348 e. The number of carbonyl (C=O) groups excluding carboxylic acids is 1. The van der Waals surface area contributed by atoms with Crippen molar-refractivity contribution >= 4 is 17.3 Å². The van der Waals surface area contributed by atoms with Crippen molar-refractivity contribution in [1.29, 1.82) is 0 Å². The van der Waals surface area contributed by atoms with E-state index in [-0.39, 0.29) is 5.97 Å². The average molecular weight is 261 g/mol. The molecule has 0 radical (unpaired) electrons. The summed E-state index contributed by atoms with van der Waals surface area (Å²) in [6, 6.07) is 7.69. The number of rotatable bonds is 5. The normalized spacial score (nSPS) is 10.3. The molecule has 0 bridgehead atoms. The Kier molecular flexibility index (Phi) is 4.47. The van der Waals surface area contributed by atoms with Gasteiger partial charge in [-0.3, -0.25) is 4.98 Å². The maximum Gasteiger partial charge on any atom is 0.348 e. The van der Waals surface area contributed by atoms with Crippen LogP contribution in [0.15, 0.2) is 36.7 Å². The van der Waals surface area contributed by atoms with Gasteiger partial charge >= 0.3 is 5.97 Å². The summed E-state index contributed by atoms with van der Waals surface area (Å²) in [5.74, 6) is -0.220. The maximum absolute atomic E-state index is 11.6. The minimum absolute atomic E-state index is 0.220. The maximum atomic E-state index is 11.6. The summed E-state index contributed by atoms with van der Waals surface area (Å²) in [6.45, 7) is 2.43. The Morgan fingerprint density at radius 3 is 2.72 bits per heavy atom. The predicted molar refractivity (Wildman–Crippen MR) is 71.9 cm³/mol. The van der Waals surface area contributed by atoms with E-state index in [1.165, 1.54) is 16.9 Å². The van der Waals surface area contributed by atoms with Crippen molar-refractivity contribution in [3.63, 3.8) is 0 Å². The lowest BCUT2D eigenvalue weighted by atomic mass is 10.1. The zero-order valence-electron chi connectivity index (χ0n) is 10.3. The summed E-state index contributed by atoms with van der Waals surface area (Å²) >= 11 is 1.47. The van der Waals surface area contributed by atoms with E-state index in [0.717, 1.165) is 17.7 Å². The number of thiophene rings is 1. The van der Waals surface area contributed by atoms with E-state index in [0.29, 0.717) is 11.5 Å². The van der Waals surface area contributed by atoms with Gasteiger partial charge in [-0.25, -0.2) is 4.79 Å². The lowest BCUT2D eigenvalue weighted by molar-refractivity contribution is 0.0506. The Balaban J connectivity index is 1.71. The molecule has 0 saturated heterocycles. The highest BCUT2D eigenvalue weighted by Gasteiger charge is 2.08. The molecule has 0 aliphatic carbocycles. The van der Waals surface area contributed by atoms with Gasteiger partial charge in [0.15, 0.2) is 0 Å². The van der Waals surface area contributed by atoms with Crippen LogP contribution in [0.2, 0.25) is 0 Å². The third-order valence-electron chi connectivity index (χ3n) is 2.53. The molecule has 94 valence electrons. The van der Waals surface area contributed by atoms with E-state index in [1.54, 1.807) is 12.4 Å². The highest BCUT2D eigenvalue weighted by molar-refractivity contribution is 7.13. The Hall–Kier alpha value is -1.68. The fourth-order valence-corrected chi connectivity index (χ4v) is 2.37. The molecule has 0 N–H and O–H groups in total. The van der Waals surface area contributed by atoms with Gasteiger partial charge in [-0.2, -0.15) is 0 Å². The number of nitrogens with zero attached hydrogens (tertiary/aromatic N) is 1. The van der Waals surface area contributed by atoms with Crippen LogP contribution in [-0.2, 0) is 11.2 Å². The van der Waals surface area contributed by atoms with Gasteiger partial charge in [0, 0.05) is 17.3 Å². The van der Waals surface area contributed by atoms with Crippen LogP contribution in [0.25, 0.3) is 0 Å². The molecular formula is C14H15NO2S. The van der Waals surface area contributed by atoms with Gasteiger partial charge < -0.3 is 4.74 Å². The second kappa shape index (κ2) is 6.31. The first-order valence-electron chi connectivity index (χ1n) is 5.88. The molecule has 2 aromatic rings. The van der Waals surface area contributed by atoms with E-state index in [1.807, 2.05) is 31.2 Å². The molecule has 4 heteroatoms. The minimum atomic E-state index is -0.220. The van der Waals surface area contributed by atoms with Crippen molar-refractivity contribution in [2.45, 2.75) is 19.8 Å². The summed E-state index contributed by atoms with van der Waals surface area (Å²) in [4.78, 5) is 17.4. The van der Waals surface area contributed by atoms with Crippen LogP contribution >= 0.6 is 11.3 Å². The predicted octanol–water partition coefficient (Wildman–Crippen LogP) is 3.24. The summed E-state index contributed by atoms with van der Waals surface area (Å²) in [6.07, 6.45) is 5.28. The molecule has 0 saturated carbocycles. The lowest BCUT2D eigenvalue weighted by Crippen LogP contribution is -2.05. The molecule has 2 heterocycles. The first kappa shape index (κ1) is 12.8. The van der Waals surface area contributed by atoms with E-state index < -0.39 is 0 Å². The number of aryl methyl sites for hydroxylation is 2. The first-order chi connectivity index (χ1) is 8.75. The molecule has 0 aliphatic rings. The van der Waals surface area contributed by atoms with Gasteiger partial charge in [0.05, 0.1) is 6.61 Å². The number of pyridine rings is 1. The van der Waals surface area contributed by atoms with Crippen LogP contribution in [0.1, 0.15) is 26.5 Å². The first-order valence-corrected chi connectivity index (χ1v) is 6.70. The molecule has 0 aromatic carbocycles. The standard InChI is InChI=1S/C14H15NO2S/c1-11-4-5-13(18-11)14(16)17-10-2-3-12-6-8-15-9-7-12/h4-9H,2-3,10H2,1H3. The fraction of sp³-hybridized carbons (Fsp3) is 0.286. The zero-order valence-corrected chi connectivity index (χ0v) is 11.1. The lowest BCUT2D eigenvalue weighted by Gasteiger charge is -2.03. The number of ether oxygens (including phenoxy) is 1. The van der Waals surface area contributed by atoms with E-state index in [9.17, 15) is 4.79 Å². The summed E-state index contributed by atoms with van der Waals surface area (Å²) in [5.41, 5.74) is 1.22. The van der Waals surface area contributed by atoms with Gasteiger partial charge in [0.1, 0.15) is 4.88 Å². The molecule has 2 aromatic heterocycles. The number of hydrogen-bond donors (Lipinski definition) is 0. The second-order valence-electron chi connectivity index (χ2n) is 4.01. The number of carbonyl (C=O) groups is 1. The molecule has 0 spiro atoms. The Labute approximate surface area is 110 Å². The molecule has 0 amide bonds. The zero-order chi connectivity index (χ0) is 12.8. The quantitative estimate of drug-likeness (QED) is 0.612. The van der Waals surface area contributed by atoms with Gasteiger partial charge in [-0.15, -0.1) is 11.3 Å². The van der Waals surface area contributed by atoms with Gasteiger partial charge in [0.2, 0.25) is 0 Å². The van der Waals surface area contributed by atoms with Crippen LogP contribution in [-0.4, -0.2) is 17.6 Å². The molecule has 0 unspecified atom stereocenters. The van der Waals surface area contributed by atoms with Crippen LogP contribution < -0.4 is 0 Å².